The third-order valence-electron chi connectivity index (χ3n) is 5.04. The summed E-state index contributed by atoms with van der Waals surface area (Å²) >= 11 is 0. The molecule has 0 saturated carbocycles. The van der Waals surface area contributed by atoms with Crippen molar-refractivity contribution in [2.45, 2.75) is 25.9 Å². The number of imidazole rings is 1. The van der Waals surface area contributed by atoms with Crippen LogP contribution in [0.4, 0.5) is 10.1 Å². The zero-order chi connectivity index (χ0) is 20.2. The van der Waals surface area contributed by atoms with Crippen molar-refractivity contribution < 1.29 is 14.0 Å². The summed E-state index contributed by atoms with van der Waals surface area (Å²) in [5.74, 6) is -0.637. The summed E-state index contributed by atoms with van der Waals surface area (Å²) in [5, 5.41) is 2.83. The fourth-order valence-electron chi connectivity index (χ4n) is 3.50. The van der Waals surface area contributed by atoms with Gasteiger partial charge in [-0.3, -0.25) is 9.59 Å². The smallest absolute Gasteiger partial charge is 0.242 e. The summed E-state index contributed by atoms with van der Waals surface area (Å²) in [6.07, 6.45) is 5.78. The molecule has 0 spiro atoms. The van der Waals surface area contributed by atoms with Crippen molar-refractivity contribution in [1.29, 1.82) is 0 Å². The molecule has 3 aromatic rings. The van der Waals surface area contributed by atoms with E-state index in [1.807, 2.05) is 23.1 Å². The fourth-order valence-corrected chi connectivity index (χ4v) is 3.50. The standard InChI is InChI=1S/C22H21FN4O2/c23-20-4-2-1-3-17(20)12-21(28)25-19-6-5-16-7-9-27(13-18(16)11-19)22(29)14-26-10-8-24-15-26/h1-6,8,10-11,15H,7,9,12-14H2,(H,25,28). The van der Waals surface area contributed by atoms with Crippen LogP contribution in [0.15, 0.2) is 61.2 Å². The van der Waals surface area contributed by atoms with Gasteiger partial charge >= 0.3 is 0 Å². The lowest BCUT2D eigenvalue weighted by molar-refractivity contribution is -0.132. The molecule has 0 atom stereocenters. The monoisotopic (exact) mass is 392 g/mol. The van der Waals surface area contributed by atoms with Crippen LogP contribution >= 0.6 is 0 Å². The molecule has 1 aromatic heterocycles. The number of nitrogens with one attached hydrogen (secondary N) is 1. The molecule has 1 aliphatic heterocycles. The largest absolute Gasteiger partial charge is 0.336 e. The molecule has 2 heterocycles. The average molecular weight is 392 g/mol. The van der Waals surface area contributed by atoms with Gasteiger partial charge in [-0.25, -0.2) is 9.37 Å². The highest BCUT2D eigenvalue weighted by molar-refractivity contribution is 5.92. The van der Waals surface area contributed by atoms with Crippen LogP contribution in [-0.4, -0.2) is 32.8 Å². The van der Waals surface area contributed by atoms with Crippen molar-refractivity contribution >= 4 is 17.5 Å². The molecule has 0 aliphatic carbocycles. The van der Waals surface area contributed by atoms with E-state index in [0.717, 1.165) is 12.0 Å². The molecule has 4 rings (SSSR count). The highest BCUT2D eigenvalue weighted by atomic mass is 19.1. The average Bonchev–Trinajstić information content (AvgIpc) is 3.22. The number of anilines is 1. The fraction of sp³-hybridized carbons (Fsp3) is 0.227. The molecule has 1 aliphatic rings. The van der Waals surface area contributed by atoms with Gasteiger partial charge in [0.25, 0.3) is 0 Å². The van der Waals surface area contributed by atoms with Crippen molar-refractivity contribution in [1.82, 2.24) is 14.5 Å². The number of aromatic nitrogens is 2. The summed E-state index contributed by atoms with van der Waals surface area (Å²) in [4.78, 5) is 30.6. The van der Waals surface area contributed by atoms with Crippen LogP contribution in [-0.2, 0) is 35.5 Å². The zero-order valence-electron chi connectivity index (χ0n) is 15.8. The SMILES string of the molecule is O=C(Cc1ccccc1F)Nc1ccc2c(c1)CN(C(=O)Cn1ccnc1)CC2. The Kier molecular flexibility index (Phi) is 5.37. The highest BCUT2D eigenvalue weighted by Gasteiger charge is 2.21. The molecule has 7 heteroatoms. The molecular formula is C22H21FN4O2. The maximum atomic E-state index is 13.7. The Hall–Kier alpha value is -3.48. The summed E-state index contributed by atoms with van der Waals surface area (Å²) in [6, 6.07) is 12.0. The molecule has 29 heavy (non-hydrogen) atoms. The molecule has 148 valence electrons. The van der Waals surface area contributed by atoms with Gasteiger partial charge in [0.15, 0.2) is 0 Å². The van der Waals surface area contributed by atoms with Crippen LogP contribution in [0.1, 0.15) is 16.7 Å². The van der Waals surface area contributed by atoms with Gasteiger partial charge in [0, 0.05) is 31.2 Å². The first kappa shape index (κ1) is 18.9. The Labute approximate surface area is 168 Å². The summed E-state index contributed by atoms with van der Waals surface area (Å²) in [7, 11) is 0. The first-order chi connectivity index (χ1) is 14.1. The Morgan fingerprint density at radius 3 is 2.79 bits per heavy atom. The molecule has 1 N–H and O–H groups in total. The second kappa shape index (κ2) is 8.26. The third kappa shape index (κ3) is 4.51. The van der Waals surface area contributed by atoms with Crippen LogP contribution in [0.5, 0.6) is 0 Å². The molecule has 0 unspecified atom stereocenters. The molecule has 0 saturated heterocycles. The zero-order valence-corrected chi connectivity index (χ0v) is 15.8. The number of hydrogen-bond acceptors (Lipinski definition) is 3. The van der Waals surface area contributed by atoms with Gasteiger partial charge in [-0.15, -0.1) is 0 Å². The third-order valence-corrected chi connectivity index (χ3v) is 5.04. The predicted molar refractivity (Wildman–Crippen MR) is 107 cm³/mol. The Morgan fingerprint density at radius 2 is 2.00 bits per heavy atom. The summed E-state index contributed by atoms with van der Waals surface area (Å²) in [5.41, 5.74) is 3.19. The maximum absolute atomic E-state index is 13.7. The lowest BCUT2D eigenvalue weighted by atomic mass is 9.99. The first-order valence-corrected chi connectivity index (χ1v) is 9.47. The second-order valence-electron chi connectivity index (χ2n) is 7.10. The van der Waals surface area contributed by atoms with Gasteiger partial charge in [-0.1, -0.05) is 24.3 Å². The Morgan fingerprint density at radius 1 is 1.14 bits per heavy atom. The van der Waals surface area contributed by atoms with Crippen molar-refractivity contribution in [3.8, 4) is 0 Å². The van der Waals surface area contributed by atoms with E-state index in [4.69, 9.17) is 0 Å². The quantitative estimate of drug-likeness (QED) is 0.726. The number of nitrogens with zero attached hydrogens (tertiary/aromatic N) is 3. The van der Waals surface area contributed by atoms with Crippen molar-refractivity contribution in [2.75, 3.05) is 11.9 Å². The number of hydrogen-bond donors (Lipinski definition) is 1. The van der Waals surface area contributed by atoms with E-state index in [9.17, 15) is 14.0 Å². The second-order valence-corrected chi connectivity index (χ2v) is 7.10. The number of halogens is 1. The number of fused-ring (bicyclic) bond motifs is 1. The topological polar surface area (TPSA) is 67.2 Å². The van der Waals surface area contributed by atoms with Crippen LogP contribution in [0, 0.1) is 5.82 Å². The van der Waals surface area contributed by atoms with Crippen molar-refractivity contribution in [2.24, 2.45) is 0 Å². The highest BCUT2D eigenvalue weighted by Crippen LogP contribution is 2.23. The van der Waals surface area contributed by atoms with E-state index >= 15 is 0 Å². The van der Waals surface area contributed by atoms with E-state index in [1.54, 1.807) is 41.5 Å². The minimum atomic E-state index is -0.389. The number of benzene rings is 2. The van der Waals surface area contributed by atoms with E-state index in [1.165, 1.54) is 11.6 Å². The molecule has 0 fully saturated rings. The molecule has 6 nitrogen and oxygen atoms in total. The van der Waals surface area contributed by atoms with E-state index in [2.05, 4.69) is 10.3 Å². The molecule has 2 aromatic carbocycles. The molecule has 0 bridgehead atoms. The van der Waals surface area contributed by atoms with Crippen molar-refractivity contribution in [3.05, 3.63) is 83.7 Å². The van der Waals surface area contributed by atoms with Crippen molar-refractivity contribution in [3.63, 3.8) is 0 Å². The normalized spacial score (nSPS) is 13.1. The maximum Gasteiger partial charge on any atom is 0.242 e. The van der Waals surface area contributed by atoms with Crippen LogP contribution in [0.25, 0.3) is 0 Å². The van der Waals surface area contributed by atoms with Gasteiger partial charge < -0.3 is 14.8 Å². The molecule has 2 amide bonds. The summed E-state index contributed by atoms with van der Waals surface area (Å²) in [6.45, 7) is 1.42. The van der Waals surface area contributed by atoms with Crippen LogP contribution in [0.2, 0.25) is 0 Å². The molecular weight excluding hydrogens is 371 g/mol. The van der Waals surface area contributed by atoms with E-state index < -0.39 is 0 Å². The Bertz CT molecular complexity index is 1030. The van der Waals surface area contributed by atoms with Gasteiger partial charge in [0.05, 0.1) is 12.7 Å². The number of amides is 2. The molecule has 0 radical (unpaired) electrons. The first-order valence-electron chi connectivity index (χ1n) is 9.47. The van der Waals surface area contributed by atoms with Gasteiger partial charge in [0.1, 0.15) is 12.4 Å². The number of carbonyl (C=O) groups excluding carboxylic acids is 2. The Balaban J connectivity index is 1.41. The van der Waals surface area contributed by atoms with Gasteiger partial charge in [-0.05, 0) is 41.3 Å². The van der Waals surface area contributed by atoms with E-state index in [-0.39, 0.29) is 30.6 Å². The minimum absolute atomic E-state index is 0.0285. The number of carbonyl (C=O) groups is 2. The van der Waals surface area contributed by atoms with Gasteiger partial charge in [-0.2, -0.15) is 0 Å². The van der Waals surface area contributed by atoms with Crippen LogP contribution in [0.3, 0.4) is 0 Å². The summed E-state index contributed by atoms with van der Waals surface area (Å²) < 4.78 is 15.5. The predicted octanol–water partition coefficient (Wildman–Crippen LogP) is 2.79. The minimum Gasteiger partial charge on any atom is -0.336 e. The van der Waals surface area contributed by atoms with Gasteiger partial charge in [0.2, 0.25) is 11.8 Å². The number of rotatable bonds is 5. The van der Waals surface area contributed by atoms with E-state index in [0.29, 0.717) is 24.3 Å². The lowest BCUT2D eigenvalue weighted by Gasteiger charge is -2.29. The lowest BCUT2D eigenvalue weighted by Crippen LogP contribution is -2.37. The van der Waals surface area contributed by atoms with Crippen LogP contribution < -0.4 is 5.32 Å².